The molecule has 9 rings (SSSR count). The molecule has 17 nitrogen and oxygen atoms in total. The summed E-state index contributed by atoms with van der Waals surface area (Å²) in [5, 5.41) is 29.7. The second-order valence-electron chi connectivity index (χ2n) is 21.6. The van der Waals surface area contributed by atoms with Crippen molar-refractivity contribution in [3.05, 3.63) is 71.5 Å². The summed E-state index contributed by atoms with van der Waals surface area (Å²) < 4.78 is 14.3. The van der Waals surface area contributed by atoms with E-state index in [2.05, 4.69) is 65.7 Å². The van der Waals surface area contributed by atoms with Crippen LogP contribution in [-0.2, 0) is 52.8 Å². The Labute approximate surface area is 421 Å². The minimum atomic E-state index is -1.19. The first kappa shape index (κ1) is 50.6. The summed E-state index contributed by atoms with van der Waals surface area (Å²) in [6.45, 7) is 8.98. The summed E-state index contributed by atoms with van der Waals surface area (Å²) in [6, 6.07) is 14.1. The smallest absolute Gasteiger partial charge is 0.324 e. The van der Waals surface area contributed by atoms with Crippen molar-refractivity contribution in [2.75, 3.05) is 40.9 Å². The van der Waals surface area contributed by atoms with Gasteiger partial charge in [-0.3, -0.25) is 39.3 Å². The van der Waals surface area contributed by atoms with E-state index in [1.165, 1.54) is 14.8 Å². The lowest BCUT2D eigenvalue weighted by atomic mass is 9.84. The lowest BCUT2D eigenvalue weighted by molar-refractivity contribution is -0.155. The molecule has 2 saturated carbocycles. The Balaban J connectivity index is 1.07. The number of cyclic esters (lactones) is 1. The molecule has 4 fully saturated rings. The summed E-state index contributed by atoms with van der Waals surface area (Å²) >= 11 is 0. The van der Waals surface area contributed by atoms with E-state index >= 15 is 0 Å². The molecule has 0 radical (unpaired) electrons. The van der Waals surface area contributed by atoms with Crippen LogP contribution >= 0.6 is 0 Å². The van der Waals surface area contributed by atoms with Crippen molar-refractivity contribution in [2.45, 2.75) is 135 Å². The average molecular weight is 984 g/mol. The number of hydrazine groups is 1. The van der Waals surface area contributed by atoms with Crippen LogP contribution in [0, 0.1) is 28.1 Å². The number of ether oxygens (including phenoxy) is 2. The van der Waals surface area contributed by atoms with E-state index in [9.17, 15) is 34.3 Å². The fraction of sp³-hybridized carbons (Fsp3) is 0.545. The van der Waals surface area contributed by atoms with Gasteiger partial charge in [0.1, 0.15) is 29.9 Å². The Kier molecular flexibility index (Phi) is 14.2. The molecule has 2 aliphatic carbocycles. The van der Waals surface area contributed by atoms with Gasteiger partial charge in [0.25, 0.3) is 5.91 Å². The maximum atomic E-state index is 14.9. The van der Waals surface area contributed by atoms with Crippen LogP contribution in [0.15, 0.2) is 54.7 Å². The second-order valence-corrected chi connectivity index (χ2v) is 21.6. The molecule has 5 aliphatic rings. The zero-order valence-corrected chi connectivity index (χ0v) is 42.6. The topological polar surface area (TPSA) is 221 Å². The molecule has 2 aromatic carbocycles. The molecule has 5 heterocycles. The number of fused-ring (bicyclic) bond motifs is 6. The third-order valence-electron chi connectivity index (χ3n) is 15.8. The number of aromatic nitrogens is 2. The Morgan fingerprint density at radius 2 is 1.82 bits per heavy atom. The highest BCUT2D eigenvalue weighted by Gasteiger charge is 2.63. The largest absolute Gasteiger partial charge is 0.508 e. The maximum absolute atomic E-state index is 14.9. The van der Waals surface area contributed by atoms with Crippen LogP contribution < -0.4 is 16.1 Å². The highest BCUT2D eigenvalue weighted by atomic mass is 16.5. The standard InChI is InChI=1S/C55H69N9O8/c1-8-63-43-18-17-35-27-39(43)40(48(63)38-15-11-21-57-45(38)32(2)71-7)28-54(3,4)31-72-53(70)41-16-12-22-64(60-41)51(68)42(25-33-23-36(35)26-37(65)24-33)58-50(67)47(34-13-9-10-14-34)62(6)44(66)29-61(5)52(69)46-49(59-46)55(30-56)19-20-55/h11,15,17-18,21,23-24,26-27,32,34,41-42,46-47,49,59-60,65H,8-10,12-14,16,19-20,22,25,28-29,31H2,1-7H3,(H,58,67)/t32-,41-,42-,46-,47?,49+/m0/s1. The Morgan fingerprint density at radius 3 is 2.53 bits per heavy atom. The molecule has 4 amide bonds. The summed E-state index contributed by atoms with van der Waals surface area (Å²) in [5.41, 5.74) is 8.97. The molecule has 17 heteroatoms. The van der Waals surface area contributed by atoms with Crippen molar-refractivity contribution < 1.29 is 38.6 Å². The van der Waals surface area contributed by atoms with Gasteiger partial charge in [0.15, 0.2) is 0 Å². The Hall–Kier alpha value is -6.35. The second kappa shape index (κ2) is 20.3. The van der Waals surface area contributed by atoms with E-state index in [1.807, 2.05) is 25.1 Å². The quantitative estimate of drug-likeness (QED) is 0.101. The fourth-order valence-electron chi connectivity index (χ4n) is 11.5. The molecule has 2 aromatic heterocycles. The van der Waals surface area contributed by atoms with Gasteiger partial charge in [-0.25, -0.2) is 5.43 Å². The predicted molar refractivity (Wildman–Crippen MR) is 269 cm³/mol. The number of nitrogens with zero attached hydrogens (tertiary/aromatic N) is 6. The van der Waals surface area contributed by atoms with Gasteiger partial charge >= 0.3 is 5.97 Å². The summed E-state index contributed by atoms with van der Waals surface area (Å²) in [7, 11) is 4.80. The van der Waals surface area contributed by atoms with Gasteiger partial charge in [0.2, 0.25) is 17.7 Å². The maximum Gasteiger partial charge on any atom is 0.324 e. The lowest BCUT2D eigenvalue weighted by Gasteiger charge is -2.37. The van der Waals surface area contributed by atoms with Crippen molar-refractivity contribution in [3.8, 4) is 34.2 Å². The van der Waals surface area contributed by atoms with Crippen LogP contribution in [0.3, 0.4) is 0 Å². The molecular formula is C55H69N9O8. The van der Waals surface area contributed by atoms with Crippen molar-refractivity contribution in [1.82, 2.24) is 40.4 Å². The van der Waals surface area contributed by atoms with Crippen molar-refractivity contribution in [2.24, 2.45) is 16.7 Å². The number of rotatable bonds is 12. The van der Waals surface area contributed by atoms with E-state index in [0.29, 0.717) is 49.8 Å². The summed E-state index contributed by atoms with van der Waals surface area (Å²) in [5.74, 6) is -2.41. The van der Waals surface area contributed by atoms with Crippen LogP contribution in [0.1, 0.15) is 102 Å². The number of hydrogen-bond acceptors (Lipinski definition) is 12. The van der Waals surface area contributed by atoms with Crippen molar-refractivity contribution in [3.63, 3.8) is 0 Å². The highest BCUT2D eigenvalue weighted by molar-refractivity contribution is 5.97. The van der Waals surface area contributed by atoms with Gasteiger partial charge in [0.05, 0.1) is 48.2 Å². The number of aryl methyl sites for hydroxylation is 1. The number of amides is 4. The van der Waals surface area contributed by atoms with Crippen LogP contribution in [-0.4, -0.2) is 130 Å². The van der Waals surface area contributed by atoms with Crippen LogP contribution in [0.25, 0.3) is 33.3 Å². The summed E-state index contributed by atoms with van der Waals surface area (Å²) in [6.07, 6.45) is 7.54. The first-order valence-electron chi connectivity index (χ1n) is 25.7. The number of hydrogen-bond donors (Lipinski definition) is 4. The van der Waals surface area contributed by atoms with E-state index < -0.39 is 58.7 Å². The molecule has 72 heavy (non-hydrogen) atoms. The molecular weight excluding hydrogens is 915 g/mol. The minimum absolute atomic E-state index is 0.0179. The zero-order chi connectivity index (χ0) is 51.2. The highest BCUT2D eigenvalue weighted by Crippen LogP contribution is 2.53. The number of benzene rings is 2. The average Bonchev–Trinajstić information content (AvgIpc) is 4.28. The first-order chi connectivity index (χ1) is 34.5. The molecule has 4 aromatic rings. The first-order valence-corrected chi connectivity index (χ1v) is 25.7. The Bertz CT molecular complexity index is 2810. The molecule has 0 spiro atoms. The molecule has 1 unspecified atom stereocenters. The van der Waals surface area contributed by atoms with Crippen molar-refractivity contribution in [1.29, 1.82) is 5.26 Å². The van der Waals surface area contributed by atoms with Gasteiger partial charge in [-0.15, -0.1) is 0 Å². The number of methoxy groups -OCH3 is 1. The van der Waals surface area contributed by atoms with Gasteiger partial charge in [0, 0.05) is 68.8 Å². The van der Waals surface area contributed by atoms with Crippen LogP contribution in [0.2, 0.25) is 0 Å². The van der Waals surface area contributed by atoms with E-state index in [1.54, 1.807) is 39.5 Å². The van der Waals surface area contributed by atoms with E-state index in [4.69, 9.17) is 14.5 Å². The normalized spacial score (nSPS) is 23.6. The van der Waals surface area contributed by atoms with E-state index in [0.717, 1.165) is 64.7 Å². The third kappa shape index (κ3) is 10.1. The number of esters is 1. The van der Waals surface area contributed by atoms with Crippen LogP contribution in [0.4, 0.5) is 0 Å². The monoisotopic (exact) mass is 984 g/mol. The number of likely N-dealkylation sites (N-methyl/N-ethyl adjacent to an activating group) is 2. The number of nitriles is 1. The third-order valence-corrected chi connectivity index (χ3v) is 15.8. The molecule has 3 aliphatic heterocycles. The van der Waals surface area contributed by atoms with Gasteiger partial charge in [-0.2, -0.15) is 5.26 Å². The lowest BCUT2D eigenvalue weighted by Crippen LogP contribution is -2.62. The number of aromatic hydroxyl groups is 1. The molecule has 2 saturated heterocycles. The molecule has 4 N–H and O–H groups in total. The Morgan fingerprint density at radius 1 is 1.06 bits per heavy atom. The number of phenolic OH excluding ortho intramolecular Hbond substituents is 1. The van der Waals surface area contributed by atoms with Gasteiger partial charge < -0.3 is 34.3 Å². The fourth-order valence-corrected chi connectivity index (χ4v) is 11.5. The van der Waals surface area contributed by atoms with Gasteiger partial charge in [-0.05, 0) is 123 Å². The molecule has 382 valence electrons. The predicted octanol–water partition coefficient (Wildman–Crippen LogP) is 5.57. The molecule has 6 atom stereocenters. The minimum Gasteiger partial charge on any atom is -0.508 e. The SMILES string of the molecule is CCn1c(-c2cccnc2[C@H](C)OC)c2c3cc(ccc31)-c1cc(O)cc(c1)C[C@H](NC(=O)C(C1CCCC1)N(C)C(=O)CN(C)C(=O)[C@H]1N[C@H]1C1(C#N)CC1)C(=O)N1CCC[C@H](N1)C(=O)OCC(C)(C)C2. The summed E-state index contributed by atoms with van der Waals surface area (Å²) in [4.78, 5) is 78.9. The molecule has 6 bridgehead atoms. The number of nitrogens with one attached hydrogen (secondary N) is 3. The zero-order valence-electron chi connectivity index (χ0n) is 42.6. The number of phenols is 1. The van der Waals surface area contributed by atoms with Crippen LogP contribution in [0.5, 0.6) is 5.75 Å². The van der Waals surface area contributed by atoms with Gasteiger partial charge in [-0.1, -0.05) is 38.8 Å². The van der Waals surface area contributed by atoms with Crippen molar-refractivity contribution >= 4 is 40.5 Å². The number of pyridine rings is 1. The number of carbonyl (C=O) groups excluding carboxylic acids is 5. The number of carbonyl (C=O) groups is 5. The van der Waals surface area contributed by atoms with E-state index in [-0.39, 0.29) is 55.8 Å².